The predicted octanol–water partition coefficient (Wildman–Crippen LogP) is 1.50. The lowest BCUT2D eigenvalue weighted by Crippen LogP contribution is -2.49. The molecule has 3 unspecified atom stereocenters. The van der Waals surface area contributed by atoms with E-state index in [9.17, 15) is 13.2 Å². The number of hydrazine groups is 1. The Morgan fingerprint density at radius 2 is 1.86 bits per heavy atom. The van der Waals surface area contributed by atoms with Gasteiger partial charge in [-0.25, -0.2) is 19.3 Å². The van der Waals surface area contributed by atoms with Crippen LogP contribution in [0.5, 0.6) is 0 Å². The fourth-order valence-corrected chi connectivity index (χ4v) is 5.97. The molecule has 1 amide bonds. The molecular weight excluding hydrogens is 410 g/mol. The maximum Gasteiger partial charge on any atom is 0.241 e. The van der Waals surface area contributed by atoms with Crippen LogP contribution in [-0.4, -0.2) is 54.2 Å². The van der Waals surface area contributed by atoms with Crippen molar-refractivity contribution >= 4 is 27.3 Å². The van der Waals surface area contributed by atoms with Gasteiger partial charge in [-0.3, -0.25) is 4.79 Å². The molecule has 1 aromatic heterocycles. The van der Waals surface area contributed by atoms with Crippen molar-refractivity contribution in [3.05, 3.63) is 41.6 Å². The Balaban J connectivity index is 1.39. The number of carbonyl (C=O) groups is 1. The van der Waals surface area contributed by atoms with Gasteiger partial charge in [-0.2, -0.15) is 0 Å². The van der Waals surface area contributed by atoms with E-state index < -0.39 is 9.84 Å². The van der Waals surface area contributed by atoms with Gasteiger partial charge in [0.1, 0.15) is 6.04 Å². The second-order valence-corrected chi connectivity index (χ2v) is 10.8. The van der Waals surface area contributed by atoms with E-state index in [1.165, 1.54) is 6.26 Å². The van der Waals surface area contributed by atoms with Crippen molar-refractivity contribution in [3.63, 3.8) is 0 Å². The molecule has 2 aromatic rings. The first-order valence-corrected chi connectivity index (χ1v) is 12.4. The molecule has 2 fully saturated rings. The summed E-state index contributed by atoms with van der Waals surface area (Å²) in [7, 11) is -3.33. The predicted molar refractivity (Wildman–Crippen MR) is 110 cm³/mol. The maximum absolute atomic E-state index is 13.1. The standard InChI is InChI=1S/C19H25N5O3S2/c1-12-15(13-6-4-3-5-7-13)20-21-16(12)18(25)24-10-8-14(9-11-24)17-19(28-23-22-17)29(2,26)27/h3-7,12,14-16,20-21H,8-11H2,1-2H3. The lowest BCUT2D eigenvalue weighted by Gasteiger charge is -2.33. The molecule has 0 saturated carbocycles. The van der Waals surface area contributed by atoms with Gasteiger partial charge in [0.25, 0.3) is 0 Å². The molecule has 29 heavy (non-hydrogen) atoms. The van der Waals surface area contributed by atoms with E-state index in [1.807, 2.05) is 23.1 Å². The van der Waals surface area contributed by atoms with Gasteiger partial charge in [0, 0.05) is 42.7 Å². The summed E-state index contributed by atoms with van der Waals surface area (Å²) in [6.07, 6.45) is 2.57. The number of benzene rings is 1. The normalized spacial score (nSPS) is 26.0. The zero-order chi connectivity index (χ0) is 20.6. The number of nitrogens with one attached hydrogen (secondary N) is 2. The van der Waals surface area contributed by atoms with E-state index in [1.54, 1.807) is 0 Å². The highest BCUT2D eigenvalue weighted by molar-refractivity contribution is 7.92. The number of sulfone groups is 1. The van der Waals surface area contributed by atoms with Crippen LogP contribution in [0.2, 0.25) is 0 Å². The summed E-state index contributed by atoms with van der Waals surface area (Å²) in [6.45, 7) is 3.26. The topological polar surface area (TPSA) is 104 Å². The summed E-state index contributed by atoms with van der Waals surface area (Å²) in [5.41, 5.74) is 8.16. The summed E-state index contributed by atoms with van der Waals surface area (Å²) in [5, 5.41) is 4.07. The SMILES string of the molecule is CC1C(C(=O)N2CCC(c3nnsc3S(C)(=O)=O)CC2)NNC1c1ccccc1. The van der Waals surface area contributed by atoms with E-state index >= 15 is 0 Å². The van der Waals surface area contributed by atoms with Gasteiger partial charge >= 0.3 is 0 Å². The minimum absolute atomic E-state index is 0.0201. The van der Waals surface area contributed by atoms with Gasteiger partial charge in [-0.15, -0.1) is 5.10 Å². The minimum Gasteiger partial charge on any atom is -0.341 e. The number of rotatable bonds is 4. The first-order chi connectivity index (χ1) is 13.9. The van der Waals surface area contributed by atoms with Crippen molar-refractivity contribution in [1.82, 2.24) is 25.3 Å². The lowest BCUT2D eigenvalue weighted by atomic mass is 9.89. The molecule has 2 aliphatic heterocycles. The van der Waals surface area contributed by atoms with Crippen LogP contribution in [0.25, 0.3) is 0 Å². The van der Waals surface area contributed by atoms with E-state index in [0.29, 0.717) is 31.6 Å². The number of piperidine rings is 1. The highest BCUT2D eigenvalue weighted by Crippen LogP contribution is 2.34. The van der Waals surface area contributed by atoms with Crippen molar-refractivity contribution in [2.45, 2.75) is 42.0 Å². The van der Waals surface area contributed by atoms with E-state index in [2.05, 4.69) is 39.5 Å². The average Bonchev–Trinajstić information content (AvgIpc) is 3.35. The molecule has 0 spiro atoms. The van der Waals surface area contributed by atoms with Crippen molar-refractivity contribution in [2.24, 2.45) is 5.92 Å². The van der Waals surface area contributed by atoms with Crippen LogP contribution in [0.15, 0.2) is 34.5 Å². The molecule has 2 saturated heterocycles. The third-order valence-electron chi connectivity index (χ3n) is 5.88. The van der Waals surface area contributed by atoms with Gasteiger partial charge in [-0.05, 0) is 18.4 Å². The Morgan fingerprint density at radius 3 is 2.52 bits per heavy atom. The van der Waals surface area contributed by atoms with Gasteiger partial charge in [0.05, 0.1) is 11.7 Å². The third-order valence-corrected chi connectivity index (χ3v) is 8.43. The first kappa shape index (κ1) is 20.4. The summed E-state index contributed by atoms with van der Waals surface area (Å²) in [6, 6.07) is 9.91. The van der Waals surface area contributed by atoms with Crippen molar-refractivity contribution in [1.29, 1.82) is 0 Å². The van der Waals surface area contributed by atoms with Gasteiger partial charge in [-0.1, -0.05) is 41.7 Å². The van der Waals surface area contributed by atoms with Crippen LogP contribution < -0.4 is 10.9 Å². The van der Waals surface area contributed by atoms with Crippen LogP contribution in [0.3, 0.4) is 0 Å². The molecule has 2 aliphatic rings. The Labute approximate surface area is 174 Å². The maximum atomic E-state index is 13.1. The summed E-state index contributed by atoms with van der Waals surface area (Å²) in [5.74, 6) is 0.218. The molecule has 4 rings (SSSR count). The third kappa shape index (κ3) is 4.07. The van der Waals surface area contributed by atoms with E-state index in [4.69, 9.17) is 0 Å². The largest absolute Gasteiger partial charge is 0.341 e. The quantitative estimate of drug-likeness (QED) is 0.750. The molecule has 3 atom stereocenters. The number of amides is 1. The second-order valence-electron chi connectivity index (χ2n) is 7.83. The van der Waals surface area contributed by atoms with Crippen LogP contribution in [0.4, 0.5) is 0 Å². The number of aromatic nitrogens is 2. The molecule has 0 bridgehead atoms. The van der Waals surface area contributed by atoms with Crippen LogP contribution in [0, 0.1) is 5.92 Å². The fraction of sp³-hybridized carbons (Fsp3) is 0.526. The van der Waals surface area contributed by atoms with E-state index in [-0.39, 0.29) is 34.0 Å². The molecule has 0 radical (unpaired) electrons. The molecule has 10 heteroatoms. The van der Waals surface area contributed by atoms with Gasteiger partial charge in [0.2, 0.25) is 5.91 Å². The van der Waals surface area contributed by atoms with Crippen LogP contribution >= 0.6 is 11.5 Å². The molecular formula is C19H25N5O3S2. The van der Waals surface area contributed by atoms with Crippen molar-refractivity contribution in [3.8, 4) is 0 Å². The summed E-state index contributed by atoms with van der Waals surface area (Å²) >= 11 is 0.928. The molecule has 156 valence electrons. The van der Waals surface area contributed by atoms with Crippen LogP contribution in [-0.2, 0) is 14.6 Å². The number of likely N-dealkylation sites (tertiary alicyclic amines) is 1. The molecule has 0 aliphatic carbocycles. The fourth-order valence-electron chi connectivity index (χ4n) is 4.23. The smallest absolute Gasteiger partial charge is 0.241 e. The number of nitrogens with zero attached hydrogens (tertiary/aromatic N) is 3. The first-order valence-electron chi connectivity index (χ1n) is 9.73. The number of hydrogen-bond donors (Lipinski definition) is 2. The number of hydrogen-bond acceptors (Lipinski definition) is 8. The second kappa shape index (κ2) is 8.10. The minimum atomic E-state index is -3.33. The molecule has 2 N–H and O–H groups in total. The summed E-state index contributed by atoms with van der Waals surface area (Å²) in [4.78, 5) is 15.0. The zero-order valence-corrected chi connectivity index (χ0v) is 18.0. The summed E-state index contributed by atoms with van der Waals surface area (Å²) < 4.78 is 28.0. The monoisotopic (exact) mass is 435 g/mol. The van der Waals surface area contributed by atoms with Gasteiger partial charge < -0.3 is 4.90 Å². The molecule has 8 nitrogen and oxygen atoms in total. The van der Waals surface area contributed by atoms with Gasteiger partial charge in [0.15, 0.2) is 14.0 Å². The Kier molecular flexibility index (Phi) is 5.69. The molecule has 3 heterocycles. The van der Waals surface area contributed by atoms with Crippen molar-refractivity contribution < 1.29 is 13.2 Å². The Morgan fingerprint density at radius 1 is 1.17 bits per heavy atom. The Bertz CT molecular complexity index is 971. The van der Waals surface area contributed by atoms with Crippen LogP contribution in [0.1, 0.15) is 43.0 Å². The Hall–Kier alpha value is -1.88. The average molecular weight is 436 g/mol. The highest BCUT2D eigenvalue weighted by atomic mass is 32.2. The number of carbonyl (C=O) groups excluding carboxylic acids is 1. The van der Waals surface area contributed by atoms with E-state index in [0.717, 1.165) is 17.1 Å². The zero-order valence-electron chi connectivity index (χ0n) is 16.4. The highest BCUT2D eigenvalue weighted by Gasteiger charge is 2.40. The molecule has 1 aromatic carbocycles. The lowest BCUT2D eigenvalue weighted by molar-refractivity contribution is -0.135. The van der Waals surface area contributed by atoms with Crippen molar-refractivity contribution in [2.75, 3.05) is 19.3 Å².